The Morgan fingerprint density at radius 2 is 1.97 bits per heavy atom. The number of carbonyl (C=O) groups excluding carboxylic acids is 2. The van der Waals surface area contributed by atoms with E-state index in [2.05, 4.69) is 4.98 Å². The largest absolute Gasteiger partial charge is 0.496 e. The van der Waals surface area contributed by atoms with E-state index in [4.69, 9.17) is 22.1 Å². The van der Waals surface area contributed by atoms with Crippen LogP contribution in [0.1, 0.15) is 23.2 Å². The molecule has 0 unspecified atom stereocenters. The fraction of sp³-hybridized carbons (Fsp3) is 0.174. The molecule has 3 rings (SSSR count). The van der Waals surface area contributed by atoms with Gasteiger partial charge >= 0.3 is 0 Å². The van der Waals surface area contributed by atoms with Gasteiger partial charge in [-0.3, -0.25) is 14.6 Å². The smallest absolute Gasteiger partial charge is 0.284 e. The first-order valence-corrected chi connectivity index (χ1v) is 9.64. The average molecular weight is 427 g/mol. The number of aromatic nitrogens is 1. The van der Waals surface area contributed by atoms with E-state index in [1.54, 1.807) is 48.7 Å². The molecule has 0 aliphatic carbocycles. The summed E-state index contributed by atoms with van der Waals surface area (Å²) >= 11 is 6.07. The van der Waals surface area contributed by atoms with Crippen LogP contribution in [0.25, 0.3) is 11.1 Å². The van der Waals surface area contributed by atoms with Crippen LogP contribution in [0.5, 0.6) is 5.75 Å². The summed E-state index contributed by atoms with van der Waals surface area (Å²) in [7, 11) is 1.49. The molecule has 0 saturated carbocycles. The van der Waals surface area contributed by atoms with Crippen LogP contribution in [-0.2, 0) is 22.4 Å². The van der Waals surface area contributed by atoms with Gasteiger partial charge in [-0.1, -0.05) is 35.9 Å². The Labute approximate surface area is 178 Å². The highest BCUT2D eigenvalue weighted by molar-refractivity contribution is 6.35. The second kappa shape index (κ2) is 9.50. The summed E-state index contributed by atoms with van der Waals surface area (Å²) in [6, 6.07) is 13.9. The number of ether oxygens (including phenoxy) is 1. The molecule has 0 saturated heterocycles. The summed E-state index contributed by atoms with van der Waals surface area (Å²) in [5.41, 5.74) is 7.88. The molecule has 2 aromatic carbocycles. The van der Waals surface area contributed by atoms with Gasteiger partial charge in [-0.15, -0.1) is 0 Å². The number of Topliss-reactive ketones (excluding diaryl/α,β-unsaturated/α-hetero) is 1. The highest BCUT2D eigenvalue weighted by Crippen LogP contribution is 2.36. The molecule has 0 bridgehead atoms. The van der Waals surface area contributed by atoms with Crippen LogP contribution in [0, 0.1) is 5.82 Å². The molecule has 0 spiro atoms. The molecule has 7 heteroatoms. The Morgan fingerprint density at radius 3 is 2.60 bits per heavy atom. The number of nitrogens with two attached hydrogens (primary N) is 1. The van der Waals surface area contributed by atoms with Crippen LogP contribution in [0.3, 0.4) is 0 Å². The van der Waals surface area contributed by atoms with E-state index in [0.29, 0.717) is 46.0 Å². The Bertz CT molecular complexity index is 1080. The van der Waals surface area contributed by atoms with Gasteiger partial charge in [0.05, 0.1) is 12.7 Å². The van der Waals surface area contributed by atoms with Crippen molar-refractivity contribution in [3.8, 4) is 16.9 Å². The summed E-state index contributed by atoms with van der Waals surface area (Å²) in [6.45, 7) is 0. The van der Waals surface area contributed by atoms with Gasteiger partial charge in [0.2, 0.25) is 5.78 Å². The van der Waals surface area contributed by atoms with Crippen molar-refractivity contribution in [1.82, 2.24) is 4.98 Å². The van der Waals surface area contributed by atoms with Gasteiger partial charge in [-0.05, 0) is 47.4 Å². The van der Waals surface area contributed by atoms with Crippen LogP contribution in [-0.4, -0.2) is 23.8 Å². The van der Waals surface area contributed by atoms with Crippen molar-refractivity contribution < 1.29 is 18.7 Å². The maximum atomic E-state index is 15.4. The number of hydrogen-bond acceptors (Lipinski definition) is 4. The SMILES string of the molecule is COc1ccc(Cc2ccc(CCC(=O)C(N)=O)nc2)c(F)c1-c1cccc(Cl)c1. The van der Waals surface area contributed by atoms with Gasteiger partial charge in [0, 0.05) is 29.8 Å². The molecular formula is C23H20ClFN2O3. The van der Waals surface area contributed by atoms with Crippen LogP contribution < -0.4 is 10.5 Å². The zero-order chi connectivity index (χ0) is 21.7. The Kier molecular flexibility index (Phi) is 6.79. The number of nitrogens with zero attached hydrogens (tertiary/aromatic N) is 1. The third-order valence-electron chi connectivity index (χ3n) is 4.68. The minimum atomic E-state index is -0.947. The fourth-order valence-corrected chi connectivity index (χ4v) is 3.30. The van der Waals surface area contributed by atoms with Crippen molar-refractivity contribution in [3.05, 3.63) is 82.4 Å². The van der Waals surface area contributed by atoms with Crippen LogP contribution in [0.2, 0.25) is 5.02 Å². The van der Waals surface area contributed by atoms with Gasteiger partial charge in [0.15, 0.2) is 0 Å². The molecule has 154 valence electrons. The Hall–Kier alpha value is -3.25. The number of rotatable bonds is 8. The highest BCUT2D eigenvalue weighted by Gasteiger charge is 2.17. The summed E-state index contributed by atoms with van der Waals surface area (Å²) < 4.78 is 20.7. The lowest BCUT2D eigenvalue weighted by molar-refractivity contribution is -0.135. The van der Waals surface area contributed by atoms with Crippen LogP contribution in [0.4, 0.5) is 4.39 Å². The van der Waals surface area contributed by atoms with E-state index in [9.17, 15) is 9.59 Å². The first-order chi connectivity index (χ1) is 14.4. The summed E-state index contributed by atoms with van der Waals surface area (Å²) in [6.07, 6.45) is 2.29. The Balaban J connectivity index is 1.82. The fourth-order valence-electron chi connectivity index (χ4n) is 3.11. The summed E-state index contributed by atoms with van der Waals surface area (Å²) in [5.74, 6) is -1.54. The molecule has 1 amide bonds. The number of aryl methyl sites for hydroxylation is 1. The molecular weight excluding hydrogens is 407 g/mol. The topological polar surface area (TPSA) is 82.3 Å². The molecule has 3 aromatic rings. The number of ketones is 1. The monoisotopic (exact) mass is 426 g/mol. The quantitative estimate of drug-likeness (QED) is 0.549. The van der Waals surface area contributed by atoms with E-state index in [1.807, 2.05) is 6.07 Å². The van der Waals surface area contributed by atoms with Gasteiger partial charge in [-0.2, -0.15) is 0 Å². The van der Waals surface area contributed by atoms with Crippen molar-refractivity contribution in [2.45, 2.75) is 19.3 Å². The predicted octanol–water partition coefficient (Wildman–Crippen LogP) is 4.13. The van der Waals surface area contributed by atoms with Gasteiger partial charge in [0.25, 0.3) is 5.91 Å². The van der Waals surface area contributed by atoms with Crippen molar-refractivity contribution in [2.75, 3.05) is 7.11 Å². The third kappa shape index (κ3) is 5.02. The number of hydrogen-bond donors (Lipinski definition) is 1. The minimum absolute atomic E-state index is 0.0117. The molecule has 30 heavy (non-hydrogen) atoms. The van der Waals surface area contributed by atoms with Gasteiger partial charge < -0.3 is 10.5 Å². The zero-order valence-electron chi connectivity index (χ0n) is 16.3. The molecule has 5 nitrogen and oxygen atoms in total. The van der Waals surface area contributed by atoms with Gasteiger partial charge in [-0.25, -0.2) is 4.39 Å². The van der Waals surface area contributed by atoms with E-state index in [-0.39, 0.29) is 12.2 Å². The summed E-state index contributed by atoms with van der Waals surface area (Å²) in [5, 5.41) is 0.508. The molecule has 0 radical (unpaired) electrons. The number of methoxy groups -OCH3 is 1. The lowest BCUT2D eigenvalue weighted by atomic mass is 9.97. The number of benzene rings is 2. The van der Waals surface area contributed by atoms with Crippen LogP contribution in [0.15, 0.2) is 54.7 Å². The Morgan fingerprint density at radius 1 is 1.17 bits per heavy atom. The van der Waals surface area contributed by atoms with Crippen molar-refractivity contribution >= 4 is 23.3 Å². The minimum Gasteiger partial charge on any atom is -0.496 e. The normalized spacial score (nSPS) is 10.6. The number of pyridine rings is 1. The van der Waals surface area contributed by atoms with Crippen LogP contribution >= 0.6 is 11.6 Å². The molecule has 0 atom stereocenters. The van der Waals surface area contributed by atoms with Crippen molar-refractivity contribution in [3.63, 3.8) is 0 Å². The average Bonchev–Trinajstić information content (AvgIpc) is 2.74. The van der Waals surface area contributed by atoms with E-state index >= 15 is 4.39 Å². The highest BCUT2D eigenvalue weighted by atomic mass is 35.5. The first-order valence-electron chi connectivity index (χ1n) is 9.26. The summed E-state index contributed by atoms with van der Waals surface area (Å²) in [4.78, 5) is 26.4. The van der Waals surface area contributed by atoms with Crippen molar-refractivity contribution in [1.29, 1.82) is 0 Å². The number of carbonyl (C=O) groups is 2. The molecule has 2 N–H and O–H groups in total. The molecule has 1 aromatic heterocycles. The van der Waals surface area contributed by atoms with E-state index in [0.717, 1.165) is 5.56 Å². The number of halogens is 2. The number of primary amides is 1. The second-order valence-corrected chi connectivity index (χ2v) is 7.18. The van der Waals surface area contributed by atoms with E-state index in [1.165, 1.54) is 7.11 Å². The lowest BCUT2D eigenvalue weighted by Gasteiger charge is -2.14. The van der Waals surface area contributed by atoms with E-state index < -0.39 is 11.7 Å². The molecule has 0 fully saturated rings. The van der Waals surface area contributed by atoms with Gasteiger partial charge in [0.1, 0.15) is 11.6 Å². The third-order valence-corrected chi connectivity index (χ3v) is 4.92. The lowest BCUT2D eigenvalue weighted by Crippen LogP contribution is -2.23. The molecule has 0 aliphatic heterocycles. The number of amides is 1. The second-order valence-electron chi connectivity index (χ2n) is 6.75. The zero-order valence-corrected chi connectivity index (χ0v) is 17.1. The standard InChI is InChI=1S/C23H20ClFN2O3/c1-30-20-10-6-16(22(25)21(20)15-3-2-4-17(24)12-15)11-14-5-7-18(27-13-14)8-9-19(28)23(26)29/h2-7,10,12-13H,8-9,11H2,1H3,(H2,26,29). The molecule has 0 aliphatic rings. The molecule has 1 heterocycles. The maximum Gasteiger partial charge on any atom is 0.284 e. The maximum absolute atomic E-state index is 15.4. The van der Waals surface area contributed by atoms with Crippen molar-refractivity contribution in [2.24, 2.45) is 5.73 Å². The predicted molar refractivity (Wildman–Crippen MR) is 113 cm³/mol. The first kappa shape index (κ1) is 21.5.